The number of nitrogens with two attached hydrogens (primary N) is 1. The summed E-state index contributed by atoms with van der Waals surface area (Å²) in [5.74, 6) is 0. The number of hydrogen-bond donors (Lipinski definition) is 1. The highest BCUT2D eigenvalue weighted by Crippen LogP contribution is 2.39. The van der Waals surface area contributed by atoms with Crippen LogP contribution in [-0.2, 0) is 0 Å². The van der Waals surface area contributed by atoms with Crippen LogP contribution in [0.2, 0.25) is 0 Å². The third-order valence-electron chi connectivity index (χ3n) is 4.71. The zero-order chi connectivity index (χ0) is 14.4. The first-order valence-corrected chi connectivity index (χ1v) is 6.94. The topological polar surface area (TPSA) is 26.0 Å². The highest BCUT2D eigenvalue weighted by Gasteiger charge is 2.26. The second-order valence-electron chi connectivity index (χ2n) is 6.85. The Bertz CT molecular complexity index is 560. The summed E-state index contributed by atoms with van der Waals surface area (Å²) in [5.41, 5.74) is 12.5. The average Bonchev–Trinajstić information content (AvgIpc) is 2.31. The molecule has 0 unspecified atom stereocenters. The van der Waals surface area contributed by atoms with Gasteiger partial charge in [-0.3, -0.25) is 0 Å². The number of rotatable bonds is 0. The van der Waals surface area contributed by atoms with Crippen molar-refractivity contribution in [3.05, 3.63) is 58.4 Å². The van der Waals surface area contributed by atoms with E-state index in [1.54, 1.807) is 0 Å². The lowest BCUT2D eigenvalue weighted by molar-refractivity contribution is 0.565. The second kappa shape index (κ2) is 4.26. The fourth-order valence-corrected chi connectivity index (χ4v) is 2.37. The van der Waals surface area contributed by atoms with Crippen molar-refractivity contribution in [2.75, 3.05) is 0 Å². The Morgan fingerprint density at radius 3 is 2.05 bits per heavy atom. The summed E-state index contributed by atoms with van der Waals surface area (Å²) in [6.45, 7) is 13.2. The summed E-state index contributed by atoms with van der Waals surface area (Å²) in [4.78, 5) is 0. The van der Waals surface area contributed by atoms with E-state index < -0.39 is 0 Å². The molecule has 0 fully saturated rings. The summed E-state index contributed by atoms with van der Waals surface area (Å²) in [6, 6.07) is 0. The molecule has 0 aromatic rings. The third kappa shape index (κ3) is 2.34. The van der Waals surface area contributed by atoms with E-state index in [0.717, 1.165) is 11.3 Å². The fraction of sp³-hybridized carbons (Fsp3) is 0.444. The van der Waals surface area contributed by atoms with Gasteiger partial charge in [-0.25, -0.2) is 0 Å². The molecule has 102 valence electrons. The number of allylic oxidation sites excluding steroid dienone is 8. The summed E-state index contributed by atoms with van der Waals surface area (Å²) >= 11 is 0. The van der Waals surface area contributed by atoms with Crippen LogP contribution in [0.25, 0.3) is 0 Å². The first-order valence-electron chi connectivity index (χ1n) is 6.94. The first kappa shape index (κ1) is 13.9. The van der Waals surface area contributed by atoms with Crippen LogP contribution < -0.4 is 5.73 Å². The Kier molecular flexibility index (Phi) is 3.12. The Balaban J connectivity index is 2.53. The van der Waals surface area contributed by atoms with Gasteiger partial charge in [0.05, 0.1) is 0 Å². The SMILES string of the molecule is CC1=CC(=C2C=CC(C)(C)C(C)=C2N)C=CC1(C)C. The van der Waals surface area contributed by atoms with Gasteiger partial charge in [0.2, 0.25) is 0 Å². The van der Waals surface area contributed by atoms with Crippen molar-refractivity contribution in [2.45, 2.75) is 41.5 Å². The maximum Gasteiger partial charge on any atom is 0.0391 e. The van der Waals surface area contributed by atoms with E-state index in [2.05, 4.69) is 71.9 Å². The van der Waals surface area contributed by atoms with Gasteiger partial charge in [0, 0.05) is 22.1 Å². The number of hydrogen-bond acceptors (Lipinski definition) is 1. The van der Waals surface area contributed by atoms with Gasteiger partial charge in [-0.15, -0.1) is 0 Å². The maximum atomic E-state index is 6.35. The molecule has 0 aromatic heterocycles. The lowest BCUT2D eigenvalue weighted by atomic mass is 9.75. The van der Waals surface area contributed by atoms with Crippen molar-refractivity contribution in [1.29, 1.82) is 0 Å². The molecule has 2 rings (SSSR count). The molecule has 19 heavy (non-hydrogen) atoms. The molecular formula is C18H25N. The zero-order valence-corrected chi connectivity index (χ0v) is 13.0. The second-order valence-corrected chi connectivity index (χ2v) is 6.85. The van der Waals surface area contributed by atoms with Crippen molar-refractivity contribution >= 4 is 0 Å². The quantitative estimate of drug-likeness (QED) is 0.669. The van der Waals surface area contributed by atoms with Crippen LogP contribution in [-0.4, -0.2) is 0 Å². The Labute approximate surface area is 117 Å². The van der Waals surface area contributed by atoms with Gasteiger partial charge in [-0.2, -0.15) is 0 Å². The van der Waals surface area contributed by atoms with E-state index in [1.165, 1.54) is 16.7 Å². The molecular weight excluding hydrogens is 230 g/mol. The van der Waals surface area contributed by atoms with Crippen LogP contribution in [0.5, 0.6) is 0 Å². The molecule has 0 heterocycles. The highest BCUT2D eigenvalue weighted by atomic mass is 14.6. The van der Waals surface area contributed by atoms with E-state index >= 15 is 0 Å². The molecule has 0 spiro atoms. The molecule has 0 radical (unpaired) electrons. The lowest BCUT2D eigenvalue weighted by Crippen LogP contribution is -2.21. The molecule has 0 saturated carbocycles. The Morgan fingerprint density at radius 1 is 0.895 bits per heavy atom. The predicted octanol–water partition coefficient (Wildman–Crippen LogP) is 4.65. The minimum Gasteiger partial charge on any atom is -0.398 e. The lowest BCUT2D eigenvalue weighted by Gasteiger charge is -2.30. The average molecular weight is 255 g/mol. The van der Waals surface area contributed by atoms with Gasteiger partial charge < -0.3 is 5.73 Å². The largest absolute Gasteiger partial charge is 0.398 e. The van der Waals surface area contributed by atoms with Crippen LogP contribution in [0.1, 0.15) is 41.5 Å². The maximum absolute atomic E-state index is 6.35. The fourth-order valence-electron chi connectivity index (χ4n) is 2.37. The van der Waals surface area contributed by atoms with Crippen molar-refractivity contribution in [1.82, 2.24) is 0 Å². The smallest absolute Gasteiger partial charge is 0.0391 e. The van der Waals surface area contributed by atoms with Gasteiger partial charge in [-0.1, -0.05) is 63.6 Å². The van der Waals surface area contributed by atoms with E-state index in [4.69, 9.17) is 5.73 Å². The van der Waals surface area contributed by atoms with E-state index in [1.807, 2.05) is 0 Å². The van der Waals surface area contributed by atoms with Gasteiger partial charge >= 0.3 is 0 Å². The van der Waals surface area contributed by atoms with E-state index in [-0.39, 0.29) is 10.8 Å². The molecule has 0 amide bonds. The third-order valence-corrected chi connectivity index (χ3v) is 4.71. The Morgan fingerprint density at radius 2 is 1.47 bits per heavy atom. The summed E-state index contributed by atoms with van der Waals surface area (Å²) in [7, 11) is 0. The molecule has 0 bridgehead atoms. The van der Waals surface area contributed by atoms with E-state index in [0.29, 0.717) is 0 Å². The highest BCUT2D eigenvalue weighted by molar-refractivity contribution is 5.58. The van der Waals surface area contributed by atoms with Crippen LogP contribution in [0.3, 0.4) is 0 Å². The van der Waals surface area contributed by atoms with Crippen molar-refractivity contribution in [2.24, 2.45) is 16.6 Å². The monoisotopic (exact) mass is 255 g/mol. The van der Waals surface area contributed by atoms with Crippen LogP contribution in [0.15, 0.2) is 58.4 Å². The van der Waals surface area contributed by atoms with E-state index in [9.17, 15) is 0 Å². The van der Waals surface area contributed by atoms with Crippen LogP contribution in [0.4, 0.5) is 0 Å². The molecule has 2 N–H and O–H groups in total. The Hall–Kier alpha value is -1.50. The van der Waals surface area contributed by atoms with Crippen LogP contribution >= 0.6 is 0 Å². The van der Waals surface area contributed by atoms with Crippen molar-refractivity contribution in [3.8, 4) is 0 Å². The van der Waals surface area contributed by atoms with Gasteiger partial charge in [0.15, 0.2) is 0 Å². The normalized spacial score (nSPS) is 28.6. The molecule has 0 aliphatic heterocycles. The summed E-state index contributed by atoms with van der Waals surface area (Å²) in [6.07, 6.45) is 11.1. The predicted molar refractivity (Wildman–Crippen MR) is 83.5 cm³/mol. The minimum atomic E-state index is 0.0601. The molecule has 1 heteroatoms. The zero-order valence-electron chi connectivity index (χ0n) is 13.0. The summed E-state index contributed by atoms with van der Waals surface area (Å²) in [5, 5.41) is 0. The molecule has 0 atom stereocenters. The molecule has 2 aliphatic rings. The molecule has 0 saturated heterocycles. The van der Waals surface area contributed by atoms with Crippen molar-refractivity contribution < 1.29 is 0 Å². The van der Waals surface area contributed by atoms with Gasteiger partial charge in [-0.05, 0) is 25.0 Å². The van der Waals surface area contributed by atoms with Crippen LogP contribution in [0, 0.1) is 10.8 Å². The summed E-state index contributed by atoms with van der Waals surface area (Å²) < 4.78 is 0. The molecule has 0 aromatic carbocycles. The van der Waals surface area contributed by atoms with Gasteiger partial charge in [0.1, 0.15) is 0 Å². The standard InChI is InChI=1S/C18H25N/c1-12-11-14(7-9-17(12,3)4)15-8-10-18(5,6)13(2)16(15)19/h7-11H,19H2,1-6H3. The molecule has 2 aliphatic carbocycles. The molecule has 1 nitrogen and oxygen atoms in total. The van der Waals surface area contributed by atoms with Crippen molar-refractivity contribution in [3.63, 3.8) is 0 Å². The minimum absolute atomic E-state index is 0.0601. The van der Waals surface area contributed by atoms with Gasteiger partial charge in [0.25, 0.3) is 0 Å². The first-order chi connectivity index (χ1) is 8.65.